The van der Waals surface area contributed by atoms with E-state index in [9.17, 15) is 0 Å². The summed E-state index contributed by atoms with van der Waals surface area (Å²) in [6.07, 6.45) is 9.95. The maximum absolute atomic E-state index is 2.54. The monoisotopic (exact) mass is 658 g/mol. The van der Waals surface area contributed by atoms with Crippen LogP contribution < -0.4 is 4.90 Å². The zero-order valence-electron chi connectivity index (χ0n) is 27.5. The lowest BCUT2D eigenvalue weighted by molar-refractivity contribution is 0.648. The lowest BCUT2D eigenvalue weighted by atomic mass is 9.67. The predicted octanol–water partition coefficient (Wildman–Crippen LogP) is 12.7. The van der Waals surface area contributed by atoms with Crippen molar-refractivity contribution in [3.05, 3.63) is 210 Å². The summed E-state index contributed by atoms with van der Waals surface area (Å²) in [7, 11) is 0. The number of benzene rings is 6. The molecule has 10 rings (SSSR count). The molecule has 1 atom stereocenters. The van der Waals surface area contributed by atoms with Gasteiger partial charge in [-0.25, -0.2) is 0 Å². The van der Waals surface area contributed by atoms with E-state index in [0.29, 0.717) is 0 Å². The fourth-order valence-corrected chi connectivity index (χ4v) is 9.75. The smallest absolute Gasteiger partial charge is 0.103 e. The van der Waals surface area contributed by atoms with E-state index in [1.54, 1.807) is 0 Å². The van der Waals surface area contributed by atoms with Crippen molar-refractivity contribution in [2.24, 2.45) is 0 Å². The number of aromatic nitrogens is 1. The number of fused-ring (bicyclic) bond motifs is 6. The summed E-state index contributed by atoms with van der Waals surface area (Å²) in [4.78, 5) is 2.46. The molecule has 8 aromatic rings. The minimum atomic E-state index is -0.458. The Morgan fingerprint density at radius 1 is 0.560 bits per heavy atom. The highest BCUT2D eigenvalue weighted by molar-refractivity contribution is 7.23. The molecule has 50 heavy (non-hydrogen) atoms. The van der Waals surface area contributed by atoms with Gasteiger partial charge in [0.1, 0.15) is 5.00 Å². The fraction of sp³-hybridized carbons (Fsp3) is 0.0638. The molecule has 238 valence electrons. The average molecular weight is 659 g/mol. The van der Waals surface area contributed by atoms with Gasteiger partial charge in [0.05, 0.1) is 27.2 Å². The van der Waals surface area contributed by atoms with Crippen LogP contribution >= 0.6 is 11.3 Å². The molecule has 2 aliphatic carbocycles. The third-order valence-corrected chi connectivity index (χ3v) is 11.7. The second kappa shape index (κ2) is 11.6. The molecule has 0 saturated heterocycles. The highest BCUT2D eigenvalue weighted by atomic mass is 32.1. The standard InChI is InChI=1S/C47H34N2S/c1-5-17-33(18-6-1)47(34-19-7-2-8-20-34)41-27-15-13-25-38(41)39-30-29-37(31-42(39)47)48(35-21-9-3-10-22-35)45-32-44-46(50-45)40-26-14-16-28-43(40)49(44)36-23-11-4-12-24-36/h1-23,25-32,36H,24H2. The Morgan fingerprint density at radius 3 is 1.96 bits per heavy atom. The summed E-state index contributed by atoms with van der Waals surface area (Å²) in [6, 6.07) is 60.7. The number of para-hydroxylation sites is 2. The Kier molecular flexibility index (Phi) is 6.75. The van der Waals surface area contributed by atoms with Gasteiger partial charge >= 0.3 is 0 Å². The zero-order chi connectivity index (χ0) is 33.1. The highest BCUT2D eigenvalue weighted by Crippen LogP contribution is 2.57. The Labute approximate surface area is 296 Å². The number of allylic oxidation sites excluding steroid dienone is 4. The minimum absolute atomic E-state index is 0.283. The van der Waals surface area contributed by atoms with Crippen LogP contribution in [0.4, 0.5) is 16.4 Å². The van der Waals surface area contributed by atoms with Gasteiger partial charge in [-0.15, -0.1) is 11.3 Å². The van der Waals surface area contributed by atoms with Crippen LogP contribution in [-0.2, 0) is 5.41 Å². The van der Waals surface area contributed by atoms with Crippen molar-refractivity contribution >= 4 is 48.8 Å². The van der Waals surface area contributed by atoms with Crippen molar-refractivity contribution in [2.45, 2.75) is 17.9 Å². The second-order valence-electron chi connectivity index (χ2n) is 13.2. The van der Waals surface area contributed by atoms with Crippen LogP contribution in [0.2, 0.25) is 0 Å². The first kappa shape index (κ1) is 29.1. The molecule has 0 radical (unpaired) electrons. The fourth-order valence-electron chi connectivity index (χ4n) is 8.52. The van der Waals surface area contributed by atoms with Crippen LogP contribution in [0.5, 0.6) is 0 Å². The average Bonchev–Trinajstić information content (AvgIpc) is 3.84. The maximum Gasteiger partial charge on any atom is 0.103 e. The number of nitrogens with zero attached hydrogens (tertiary/aromatic N) is 2. The van der Waals surface area contributed by atoms with E-state index in [4.69, 9.17) is 0 Å². The van der Waals surface area contributed by atoms with Gasteiger partial charge < -0.3 is 9.47 Å². The normalized spacial score (nSPS) is 15.7. The summed E-state index contributed by atoms with van der Waals surface area (Å²) in [6.45, 7) is 0. The van der Waals surface area contributed by atoms with Crippen LogP contribution in [-0.4, -0.2) is 4.57 Å². The van der Waals surface area contributed by atoms with Crippen molar-refractivity contribution in [3.63, 3.8) is 0 Å². The van der Waals surface area contributed by atoms with E-state index >= 15 is 0 Å². The number of hydrogen-bond donors (Lipinski definition) is 0. The van der Waals surface area contributed by atoms with Gasteiger partial charge in [0.2, 0.25) is 0 Å². The first-order valence-corrected chi connectivity index (χ1v) is 18.2. The Hall–Kier alpha value is -5.90. The molecule has 3 heteroatoms. The highest BCUT2D eigenvalue weighted by Gasteiger charge is 2.46. The van der Waals surface area contributed by atoms with Crippen LogP contribution in [0.15, 0.2) is 188 Å². The molecule has 0 spiro atoms. The molecule has 2 nitrogen and oxygen atoms in total. The SMILES string of the molecule is C1=CCC(n2c3ccccc3c3sc(N(c4ccccc4)c4ccc5c(c4)C(c4ccccc4)(c4ccccc4)c4ccccc4-5)cc32)C=C1. The van der Waals surface area contributed by atoms with Crippen molar-refractivity contribution in [1.29, 1.82) is 0 Å². The quantitative estimate of drug-likeness (QED) is 0.173. The summed E-state index contributed by atoms with van der Waals surface area (Å²) in [5.41, 5.74) is 12.2. The summed E-state index contributed by atoms with van der Waals surface area (Å²) in [5.74, 6) is 0. The lowest BCUT2D eigenvalue weighted by Crippen LogP contribution is -2.28. The molecule has 2 heterocycles. The molecule has 0 fully saturated rings. The van der Waals surface area contributed by atoms with E-state index in [1.165, 1.54) is 59.5 Å². The summed E-state index contributed by atoms with van der Waals surface area (Å²) in [5, 5.41) is 2.52. The van der Waals surface area contributed by atoms with Gasteiger partial charge in [-0.1, -0.05) is 152 Å². The summed E-state index contributed by atoms with van der Waals surface area (Å²) < 4.78 is 3.87. The molecule has 2 aliphatic rings. The van der Waals surface area contributed by atoms with Crippen molar-refractivity contribution in [1.82, 2.24) is 4.57 Å². The minimum Gasteiger partial charge on any atom is -0.332 e. The van der Waals surface area contributed by atoms with Gasteiger partial charge in [0.25, 0.3) is 0 Å². The second-order valence-corrected chi connectivity index (χ2v) is 14.3. The van der Waals surface area contributed by atoms with Crippen LogP contribution in [0, 0.1) is 0 Å². The molecular formula is C47H34N2S. The first-order chi connectivity index (χ1) is 24.8. The van der Waals surface area contributed by atoms with Crippen LogP contribution in [0.1, 0.15) is 34.7 Å². The zero-order valence-corrected chi connectivity index (χ0v) is 28.3. The molecule has 0 bridgehead atoms. The Bertz CT molecular complexity index is 2530. The van der Waals surface area contributed by atoms with Gasteiger partial charge in [0, 0.05) is 16.8 Å². The van der Waals surface area contributed by atoms with Crippen molar-refractivity contribution in [2.75, 3.05) is 4.90 Å². The number of anilines is 3. The van der Waals surface area contributed by atoms with E-state index in [-0.39, 0.29) is 6.04 Å². The topological polar surface area (TPSA) is 8.17 Å². The van der Waals surface area contributed by atoms with Crippen molar-refractivity contribution in [3.8, 4) is 11.1 Å². The van der Waals surface area contributed by atoms with Crippen molar-refractivity contribution < 1.29 is 0 Å². The van der Waals surface area contributed by atoms with E-state index in [0.717, 1.165) is 17.8 Å². The Morgan fingerprint density at radius 2 is 1.22 bits per heavy atom. The lowest BCUT2D eigenvalue weighted by Gasteiger charge is -2.34. The Balaban J connectivity index is 1.23. The van der Waals surface area contributed by atoms with Gasteiger partial charge in [-0.3, -0.25) is 0 Å². The van der Waals surface area contributed by atoms with Crippen LogP contribution in [0.3, 0.4) is 0 Å². The number of thiophene rings is 1. The van der Waals surface area contributed by atoms with Gasteiger partial charge in [-0.2, -0.15) is 0 Å². The number of hydrogen-bond acceptors (Lipinski definition) is 2. The first-order valence-electron chi connectivity index (χ1n) is 17.4. The molecule has 0 N–H and O–H groups in total. The molecule has 2 aromatic heterocycles. The third-order valence-electron chi connectivity index (χ3n) is 10.6. The molecule has 0 saturated carbocycles. The predicted molar refractivity (Wildman–Crippen MR) is 211 cm³/mol. The molecule has 1 unspecified atom stereocenters. The van der Waals surface area contributed by atoms with Gasteiger partial charge in [0.15, 0.2) is 0 Å². The molecule has 0 aliphatic heterocycles. The van der Waals surface area contributed by atoms with Crippen LogP contribution in [0.25, 0.3) is 32.2 Å². The largest absolute Gasteiger partial charge is 0.332 e. The summed E-state index contributed by atoms with van der Waals surface area (Å²) >= 11 is 1.89. The van der Waals surface area contributed by atoms with E-state index in [1.807, 2.05) is 11.3 Å². The molecule has 0 amide bonds. The van der Waals surface area contributed by atoms with E-state index in [2.05, 4.69) is 198 Å². The number of rotatable bonds is 6. The molecular weight excluding hydrogens is 625 g/mol. The molecule has 6 aromatic carbocycles. The van der Waals surface area contributed by atoms with Gasteiger partial charge in [-0.05, 0) is 76.2 Å². The maximum atomic E-state index is 2.54. The third kappa shape index (κ3) is 4.27. The van der Waals surface area contributed by atoms with E-state index < -0.39 is 5.41 Å².